The number of hydrogen-bond donors (Lipinski definition) is 1. The average molecular weight is 209 g/mol. The molecule has 0 atom stereocenters. The first-order chi connectivity index (χ1) is 6.31. The van der Waals surface area contributed by atoms with Gasteiger partial charge in [-0.25, -0.2) is 0 Å². The highest BCUT2D eigenvalue weighted by atomic mass is 32.1. The lowest BCUT2D eigenvalue weighted by Crippen LogP contribution is -1.91. The standard InChI is InChI=1S/C10H11NS2/c1-7-10(2-3-12-7)8-4-9(5-11)13-6-8/h2-4,6H,5,11H2,1H3. The maximum atomic E-state index is 5.57. The minimum absolute atomic E-state index is 0.647. The number of thiophene rings is 2. The molecule has 2 aromatic rings. The second kappa shape index (κ2) is 3.62. The quantitative estimate of drug-likeness (QED) is 0.807. The average Bonchev–Trinajstić information content (AvgIpc) is 2.71. The second-order valence-electron chi connectivity index (χ2n) is 2.90. The molecule has 3 heteroatoms. The molecule has 68 valence electrons. The Kier molecular flexibility index (Phi) is 2.49. The summed E-state index contributed by atoms with van der Waals surface area (Å²) >= 11 is 3.53. The SMILES string of the molecule is Cc1sccc1-c1csc(CN)c1. The molecule has 0 unspecified atom stereocenters. The molecule has 0 aliphatic heterocycles. The summed E-state index contributed by atoms with van der Waals surface area (Å²) in [6.45, 7) is 2.80. The van der Waals surface area contributed by atoms with E-state index in [1.807, 2.05) is 0 Å². The first-order valence-electron chi connectivity index (χ1n) is 4.13. The van der Waals surface area contributed by atoms with Crippen molar-refractivity contribution in [2.45, 2.75) is 13.5 Å². The Balaban J connectivity index is 2.41. The summed E-state index contributed by atoms with van der Waals surface area (Å²) in [5.74, 6) is 0. The lowest BCUT2D eigenvalue weighted by atomic mass is 10.1. The Morgan fingerprint density at radius 3 is 2.77 bits per heavy atom. The van der Waals surface area contributed by atoms with E-state index in [1.165, 1.54) is 20.9 Å². The van der Waals surface area contributed by atoms with Gasteiger partial charge in [0.1, 0.15) is 0 Å². The lowest BCUT2D eigenvalue weighted by molar-refractivity contribution is 1.11. The summed E-state index contributed by atoms with van der Waals surface area (Å²) in [5, 5.41) is 4.31. The zero-order valence-electron chi connectivity index (χ0n) is 7.41. The van der Waals surface area contributed by atoms with Crippen molar-refractivity contribution in [1.82, 2.24) is 0 Å². The minimum atomic E-state index is 0.647. The van der Waals surface area contributed by atoms with Crippen LogP contribution >= 0.6 is 22.7 Å². The van der Waals surface area contributed by atoms with E-state index in [1.54, 1.807) is 22.7 Å². The van der Waals surface area contributed by atoms with Gasteiger partial charge in [0.2, 0.25) is 0 Å². The van der Waals surface area contributed by atoms with Crippen LogP contribution in [-0.4, -0.2) is 0 Å². The molecule has 13 heavy (non-hydrogen) atoms. The molecule has 0 bridgehead atoms. The summed E-state index contributed by atoms with van der Waals surface area (Å²) in [6, 6.07) is 4.35. The van der Waals surface area contributed by atoms with Crippen LogP contribution in [0, 0.1) is 6.92 Å². The lowest BCUT2D eigenvalue weighted by Gasteiger charge is -1.93. The molecule has 0 radical (unpaired) electrons. The highest BCUT2D eigenvalue weighted by molar-refractivity contribution is 7.11. The number of rotatable bonds is 2. The molecular formula is C10H11NS2. The Labute approximate surface area is 85.8 Å². The monoisotopic (exact) mass is 209 g/mol. The summed E-state index contributed by atoms with van der Waals surface area (Å²) in [4.78, 5) is 2.63. The Hall–Kier alpha value is -0.640. The van der Waals surface area contributed by atoms with Crippen LogP contribution in [-0.2, 0) is 6.54 Å². The third-order valence-electron chi connectivity index (χ3n) is 2.02. The zero-order valence-corrected chi connectivity index (χ0v) is 9.04. The van der Waals surface area contributed by atoms with Gasteiger partial charge in [0.25, 0.3) is 0 Å². The molecule has 0 aliphatic rings. The molecule has 1 nitrogen and oxygen atoms in total. The molecular weight excluding hydrogens is 198 g/mol. The number of hydrogen-bond acceptors (Lipinski definition) is 3. The summed E-state index contributed by atoms with van der Waals surface area (Å²) in [6.07, 6.45) is 0. The van der Waals surface area contributed by atoms with Crippen LogP contribution < -0.4 is 5.73 Å². The van der Waals surface area contributed by atoms with Crippen LogP contribution in [0.25, 0.3) is 11.1 Å². The number of nitrogens with two attached hydrogens (primary N) is 1. The zero-order chi connectivity index (χ0) is 9.26. The second-order valence-corrected chi connectivity index (χ2v) is 5.01. The van der Waals surface area contributed by atoms with Gasteiger partial charge < -0.3 is 5.73 Å². The topological polar surface area (TPSA) is 26.0 Å². The fourth-order valence-corrected chi connectivity index (χ4v) is 2.80. The molecule has 2 N–H and O–H groups in total. The Morgan fingerprint density at radius 1 is 1.38 bits per heavy atom. The molecule has 2 rings (SSSR count). The third kappa shape index (κ3) is 1.68. The first-order valence-corrected chi connectivity index (χ1v) is 5.89. The van der Waals surface area contributed by atoms with Gasteiger partial charge >= 0.3 is 0 Å². The van der Waals surface area contributed by atoms with Gasteiger partial charge in [-0.3, -0.25) is 0 Å². The van der Waals surface area contributed by atoms with E-state index in [2.05, 4.69) is 29.8 Å². The predicted octanol–water partition coefficient (Wildman–Crippen LogP) is 3.24. The maximum absolute atomic E-state index is 5.57. The summed E-state index contributed by atoms with van der Waals surface area (Å²) < 4.78 is 0. The number of aryl methyl sites for hydroxylation is 1. The van der Waals surface area contributed by atoms with Gasteiger partial charge in [-0.1, -0.05) is 0 Å². The Morgan fingerprint density at radius 2 is 2.23 bits per heavy atom. The van der Waals surface area contributed by atoms with Gasteiger partial charge in [0, 0.05) is 16.3 Å². The van der Waals surface area contributed by atoms with Gasteiger partial charge in [-0.15, -0.1) is 22.7 Å². The van der Waals surface area contributed by atoms with E-state index in [0.29, 0.717) is 6.54 Å². The van der Waals surface area contributed by atoms with Crippen LogP contribution in [0.3, 0.4) is 0 Å². The molecule has 0 saturated carbocycles. The highest BCUT2D eigenvalue weighted by Crippen LogP contribution is 2.30. The highest BCUT2D eigenvalue weighted by Gasteiger charge is 2.04. The van der Waals surface area contributed by atoms with Crippen molar-refractivity contribution in [2.24, 2.45) is 5.73 Å². The van der Waals surface area contributed by atoms with Crippen molar-refractivity contribution >= 4 is 22.7 Å². The van der Waals surface area contributed by atoms with Crippen LogP contribution in [0.2, 0.25) is 0 Å². The molecule has 0 aromatic carbocycles. The van der Waals surface area contributed by atoms with Crippen molar-refractivity contribution in [3.63, 3.8) is 0 Å². The van der Waals surface area contributed by atoms with E-state index in [0.717, 1.165) is 0 Å². The summed E-state index contributed by atoms with van der Waals surface area (Å²) in [7, 11) is 0. The molecule has 2 heterocycles. The van der Waals surface area contributed by atoms with Gasteiger partial charge in [0.05, 0.1) is 0 Å². The van der Waals surface area contributed by atoms with Crippen molar-refractivity contribution in [2.75, 3.05) is 0 Å². The molecule has 2 aromatic heterocycles. The van der Waals surface area contributed by atoms with Gasteiger partial charge in [-0.05, 0) is 40.9 Å². The van der Waals surface area contributed by atoms with E-state index in [-0.39, 0.29) is 0 Å². The normalized spacial score (nSPS) is 10.6. The van der Waals surface area contributed by atoms with Crippen molar-refractivity contribution < 1.29 is 0 Å². The van der Waals surface area contributed by atoms with E-state index < -0.39 is 0 Å². The van der Waals surface area contributed by atoms with Crippen molar-refractivity contribution in [3.05, 3.63) is 32.6 Å². The first kappa shape index (κ1) is 8.94. The van der Waals surface area contributed by atoms with E-state index in [4.69, 9.17) is 5.73 Å². The van der Waals surface area contributed by atoms with Gasteiger partial charge in [-0.2, -0.15) is 0 Å². The molecule has 0 aliphatic carbocycles. The maximum Gasteiger partial charge on any atom is 0.0274 e. The molecule has 0 spiro atoms. The van der Waals surface area contributed by atoms with Crippen molar-refractivity contribution in [3.8, 4) is 11.1 Å². The van der Waals surface area contributed by atoms with Crippen molar-refractivity contribution in [1.29, 1.82) is 0 Å². The molecule has 0 fully saturated rings. The van der Waals surface area contributed by atoms with Crippen LogP contribution in [0.5, 0.6) is 0 Å². The largest absolute Gasteiger partial charge is 0.326 e. The fraction of sp³-hybridized carbons (Fsp3) is 0.200. The molecule has 0 amide bonds. The smallest absolute Gasteiger partial charge is 0.0274 e. The predicted molar refractivity (Wildman–Crippen MR) is 60.3 cm³/mol. The van der Waals surface area contributed by atoms with Crippen LogP contribution in [0.4, 0.5) is 0 Å². The van der Waals surface area contributed by atoms with E-state index >= 15 is 0 Å². The van der Waals surface area contributed by atoms with E-state index in [9.17, 15) is 0 Å². The Bertz CT molecular complexity index is 400. The van der Waals surface area contributed by atoms with Gasteiger partial charge in [0.15, 0.2) is 0 Å². The van der Waals surface area contributed by atoms with Crippen LogP contribution in [0.15, 0.2) is 22.9 Å². The fourth-order valence-electron chi connectivity index (χ4n) is 1.31. The van der Waals surface area contributed by atoms with Crippen LogP contribution in [0.1, 0.15) is 9.75 Å². The molecule has 0 saturated heterocycles. The third-order valence-corrected chi connectivity index (χ3v) is 3.83. The summed E-state index contributed by atoms with van der Waals surface area (Å²) in [5.41, 5.74) is 8.23. The minimum Gasteiger partial charge on any atom is -0.326 e.